The minimum Gasteiger partial charge on any atom is -0.210 e. The maximum absolute atomic E-state index is 11.3. The highest BCUT2D eigenvalue weighted by Gasteiger charge is 2.16. The molecule has 1 rings (SSSR count). The molecule has 0 fully saturated rings. The first-order valence-electron chi connectivity index (χ1n) is 3.55. The molecular formula is C8H3ClN2O3S. The highest BCUT2D eigenvalue weighted by atomic mass is 35.5. The number of hydrogen-bond donors (Lipinski definition) is 0. The van der Waals surface area contributed by atoms with Crippen LogP contribution in [-0.2, 0) is 14.8 Å². The van der Waals surface area contributed by atoms with E-state index in [0.717, 1.165) is 12.1 Å². The molecule has 1 aromatic carbocycles. The van der Waals surface area contributed by atoms with Crippen molar-refractivity contribution in [3.05, 3.63) is 28.8 Å². The second-order valence-corrected chi connectivity index (χ2v) is 4.39. The van der Waals surface area contributed by atoms with Crippen molar-refractivity contribution in [3.63, 3.8) is 0 Å². The lowest BCUT2D eigenvalue weighted by atomic mass is 10.2. The molecule has 0 saturated heterocycles. The number of sulfonamides is 1. The first-order valence-corrected chi connectivity index (χ1v) is 5.37. The van der Waals surface area contributed by atoms with Crippen molar-refractivity contribution in [2.24, 2.45) is 4.40 Å². The van der Waals surface area contributed by atoms with Crippen molar-refractivity contribution >= 4 is 27.7 Å². The predicted molar refractivity (Wildman–Crippen MR) is 51.5 cm³/mol. The Kier molecular flexibility index (Phi) is 3.22. The van der Waals surface area contributed by atoms with E-state index in [1.165, 1.54) is 12.1 Å². The van der Waals surface area contributed by atoms with E-state index in [-0.39, 0.29) is 15.5 Å². The van der Waals surface area contributed by atoms with E-state index < -0.39 is 10.0 Å². The van der Waals surface area contributed by atoms with Crippen LogP contribution in [0.2, 0.25) is 5.02 Å². The highest BCUT2D eigenvalue weighted by Crippen LogP contribution is 2.23. The summed E-state index contributed by atoms with van der Waals surface area (Å²) in [5.74, 6) is 0. The van der Waals surface area contributed by atoms with E-state index in [9.17, 15) is 13.2 Å². The molecule has 0 aliphatic carbocycles. The number of halogens is 1. The van der Waals surface area contributed by atoms with Gasteiger partial charge in [0, 0.05) is 0 Å². The molecule has 76 valence electrons. The summed E-state index contributed by atoms with van der Waals surface area (Å²) in [7, 11) is -4.11. The SMILES string of the molecule is N#Cc1ccc(S(=O)(=O)N=C=O)c(Cl)c1. The van der Waals surface area contributed by atoms with Crippen molar-refractivity contribution in [2.45, 2.75) is 4.90 Å². The summed E-state index contributed by atoms with van der Waals surface area (Å²) in [5.41, 5.74) is 0.217. The monoisotopic (exact) mass is 242 g/mol. The maximum Gasteiger partial charge on any atom is 0.294 e. The van der Waals surface area contributed by atoms with Crippen LogP contribution in [0.3, 0.4) is 0 Å². The molecule has 0 saturated carbocycles. The summed E-state index contributed by atoms with van der Waals surface area (Å²) in [4.78, 5) is 9.53. The molecule has 0 N–H and O–H groups in total. The molecule has 0 amide bonds. The van der Waals surface area contributed by atoms with Crippen molar-refractivity contribution in [1.82, 2.24) is 0 Å². The molecular weight excluding hydrogens is 240 g/mol. The molecule has 0 aliphatic heterocycles. The van der Waals surface area contributed by atoms with Gasteiger partial charge in [-0.2, -0.15) is 13.7 Å². The quantitative estimate of drug-likeness (QED) is 0.577. The van der Waals surface area contributed by atoms with Crippen LogP contribution in [0.25, 0.3) is 0 Å². The first-order chi connectivity index (χ1) is 7.01. The Morgan fingerprint density at radius 3 is 2.53 bits per heavy atom. The second-order valence-electron chi connectivity index (χ2n) is 2.41. The molecule has 0 spiro atoms. The van der Waals surface area contributed by atoms with Gasteiger partial charge in [-0.15, -0.1) is 0 Å². The Labute approximate surface area is 90.7 Å². The molecule has 0 unspecified atom stereocenters. The summed E-state index contributed by atoms with van der Waals surface area (Å²) < 4.78 is 25.2. The highest BCUT2D eigenvalue weighted by molar-refractivity contribution is 7.90. The van der Waals surface area contributed by atoms with Gasteiger partial charge in [-0.1, -0.05) is 16.0 Å². The molecule has 5 nitrogen and oxygen atoms in total. The Balaban J connectivity index is 3.43. The number of nitriles is 1. The smallest absolute Gasteiger partial charge is 0.210 e. The number of benzene rings is 1. The average Bonchev–Trinajstić information content (AvgIpc) is 2.17. The number of isocyanates is 1. The van der Waals surface area contributed by atoms with Gasteiger partial charge in [-0.3, -0.25) is 0 Å². The second kappa shape index (κ2) is 4.24. The summed E-state index contributed by atoms with van der Waals surface area (Å²) in [6.45, 7) is 0. The van der Waals surface area contributed by atoms with Gasteiger partial charge < -0.3 is 0 Å². The van der Waals surface area contributed by atoms with Crippen LogP contribution in [-0.4, -0.2) is 14.5 Å². The third kappa shape index (κ3) is 2.42. The Hall–Kier alpha value is -1.67. The number of hydrogen-bond acceptors (Lipinski definition) is 4. The molecule has 0 aromatic heterocycles. The zero-order valence-electron chi connectivity index (χ0n) is 7.14. The van der Waals surface area contributed by atoms with E-state index in [2.05, 4.69) is 4.40 Å². The van der Waals surface area contributed by atoms with Crippen LogP contribution < -0.4 is 0 Å². The maximum atomic E-state index is 11.3. The van der Waals surface area contributed by atoms with E-state index in [0.29, 0.717) is 0 Å². The molecule has 0 bridgehead atoms. The lowest BCUT2D eigenvalue weighted by Gasteiger charge is -1.99. The summed E-state index contributed by atoms with van der Waals surface area (Å²) in [5, 5.41) is 8.36. The Bertz CT molecular complexity index is 582. The lowest BCUT2D eigenvalue weighted by Crippen LogP contribution is -1.97. The summed E-state index contributed by atoms with van der Waals surface area (Å²) >= 11 is 5.61. The topological polar surface area (TPSA) is 87.4 Å². The van der Waals surface area contributed by atoms with Crippen LogP contribution in [0.15, 0.2) is 27.5 Å². The van der Waals surface area contributed by atoms with Gasteiger partial charge >= 0.3 is 0 Å². The van der Waals surface area contributed by atoms with Crippen LogP contribution in [0.5, 0.6) is 0 Å². The van der Waals surface area contributed by atoms with Crippen molar-refractivity contribution < 1.29 is 13.2 Å². The van der Waals surface area contributed by atoms with Crippen LogP contribution in [0.1, 0.15) is 5.56 Å². The number of rotatable bonds is 2. The predicted octanol–water partition coefficient (Wildman–Crippen LogP) is 1.24. The fraction of sp³-hybridized carbons (Fsp3) is 0. The van der Waals surface area contributed by atoms with Crippen molar-refractivity contribution in [1.29, 1.82) is 5.26 Å². The fourth-order valence-corrected chi connectivity index (χ4v) is 2.09. The fourth-order valence-electron chi connectivity index (χ4n) is 0.878. The minimum absolute atomic E-state index is 0.159. The summed E-state index contributed by atoms with van der Waals surface area (Å²) in [6, 6.07) is 5.34. The molecule has 0 radical (unpaired) electrons. The van der Waals surface area contributed by atoms with E-state index in [1.54, 1.807) is 6.07 Å². The standard InChI is InChI=1S/C8H3ClN2O3S/c9-7-3-6(4-10)1-2-8(7)15(13,14)11-5-12/h1-3H. The normalized spacial score (nSPS) is 10.1. The zero-order valence-corrected chi connectivity index (χ0v) is 8.71. The van der Waals surface area contributed by atoms with Crippen LogP contribution >= 0.6 is 11.6 Å². The Morgan fingerprint density at radius 2 is 2.07 bits per heavy atom. The minimum atomic E-state index is -4.11. The number of nitrogens with zero attached hydrogens (tertiary/aromatic N) is 2. The molecule has 0 aliphatic rings. The van der Waals surface area contributed by atoms with Gasteiger partial charge in [0.2, 0.25) is 0 Å². The first kappa shape index (κ1) is 11.4. The van der Waals surface area contributed by atoms with E-state index in [1.807, 2.05) is 0 Å². The third-order valence-electron chi connectivity index (χ3n) is 1.50. The van der Waals surface area contributed by atoms with Gasteiger partial charge in [0.15, 0.2) is 0 Å². The van der Waals surface area contributed by atoms with Gasteiger partial charge in [0.05, 0.1) is 16.7 Å². The van der Waals surface area contributed by atoms with Crippen molar-refractivity contribution in [3.8, 4) is 6.07 Å². The average molecular weight is 243 g/mol. The lowest BCUT2D eigenvalue weighted by molar-refractivity contribution is 0.563. The summed E-state index contributed by atoms with van der Waals surface area (Å²) in [6.07, 6.45) is 0.926. The van der Waals surface area contributed by atoms with E-state index >= 15 is 0 Å². The molecule has 0 heterocycles. The molecule has 0 atom stereocenters. The van der Waals surface area contributed by atoms with Gasteiger partial charge in [0.1, 0.15) is 4.90 Å². The molecule has 7 heteroatoms. The third-order valence-corrected chi connectivity index (χ3v) is 3.15. The van der Waals surface area contributed by atoms with Crippen LogP contribution in [0.4, 0.5) is 0 Å². The molecule has 1 aromatic rings. The van der Waals surface area contributed by atoms with E-state index in [4.69, 9.17) is 16.9 Å². The zero-order chi connectivity index (χ0) is 11.5. The largest absolute Gasteiger partial charge is 0.294 e. The van der Waals surface area contributed by atoms with Crippen molar-refractivity contribution in [2.75, 3.05) is 0 Å². The Morgan fingerprint density at radius 1 is 1.40 bits per heavy atom. The van der Waals surface area contributed by atoms with Crippen LogP contribution in [0, 0.1) is 11.3 Å². The van der Waals surface area contributed by atoms with Gasteiger partial charge in [-0.05, 0) is 18.2 Å². The van der Waals surface area contributed by atoms with Gasteiger partial charge in [0.25, 0.3) is 16.1 Å². The van der Waals surface area contributed by atoms with Gasteiger partial charge in [-0.25, -0.2) is 4.79 Å². The number of carbonyl (C=O) groups excluding carboxylic acids is 1. The molecule has 15 heavy (non-hydrogen) atoms.